The number of carbonyl (C=O) groups excluding carboxylic acids is 1. The Labute approximate surface area is 478 Å². The van der Waals surface area contributed by atoms with E-state index in [1.165, 1.54) is 109 Å². The predicted molar refractivity (Wildman–Crippen MR) is 305 cm³/mol. The lowest BCUT2D eigenvalue weighted by atomic mass is 9.96. The topological polar surface area (TPSA) is 307 Å². The summed E-state index contributed by atoms with van der Waals surface area (Å²) in [6.07, 6.45) is 22.3. The van der Waals surface area contributed by atoms with Crippen LogP contribution in [0.4, 0.5) is 0 Å². The molecule has 0 aromatic carbocycles. The molecule has 0 saturated carbocycles. The number of nitrogens with one attached hydrogen (secondary N) is 1. The molecule has 0 spiro atoms. The Morgan fingerprint density at radius 2 is 0.838 bits per heavy atom. The first-order chi connectivity index (χ1) is 38.8. The molecule has 466 valence electrons. The van der Waals surface area contributed by atoms with E-state index in [2.05, 4.69) is 55.6 Å². The van der Waals surface area contributed by atoms with Gasteiger partial charge in [0.2, 0.25) is 5.91 Å². The summed E-state index contributed by atoms with van der Waals surface area (Å²) in [6.45, 7) is 1.67. The molecule has 3 rings (SSSR count). The number of carbonyl (C=O) groups is 1. The summed E-state index contributed by atoms with van der Waals surface area (Å²) < 4.78 is 34.2. The molecule has 19 nitrogen and oxygen atoms in total. The van der Waals surface area contributed by atoms with E-state index in [1.54, 1.807) is 6.08 Å². The van der Waals surface area contributed by atoms with E-state index < -0.39 is 124 Å². The van der Waals surface area contributed by atoms with Gasteiger partial charge in [0.05, 0.1) is 38.6 Å². The standard InChI is InChI=1S/C61H109NO18/c1-3-5-7-9-11-13-15-17-19-20-21-22-23-24-25-27-29-31-33-35-37-39-49(67)62-44(45(66)38-36-34-32-30-28-26-18-16-14-12-10-8-6-4-2)43-75-59-55(73)52(70)57(47(41-64)77-59)80-61-56(74)53(71)58(48(42-65)78-61)79-60-54(72)51(69)50(68)46(40-63)76-60/h15,17,20-21,28,30,36,38,44-48,50-61,63-66,68-74H,3-14,16,18-19,22-27,29,31-35,37,39-43H2,1-2H3,(H,62,67)/b17-15-,21-20-,30-28+,38-36+. The highest BCUT2D eigenvalue weighted by Crippen LogP contribution is 2.33. The van der Waals surface area contributed by atoms with Crippen molar-refractivity contribution in [3.8, 4) is 0 Å². The van der Waals surface area contributed by atoms with Crippen LogP contribution in [0.3, 0.4) is 0 Å². The fraction of sp³-hybridized carbons (Fsp3) is 0.852. The Balaban J connectivity index is 1.49. The maximum Gasteiger partial charge on any atom is 0.220 e. The molecule has 0 aromatic heterocycles. The van der Waals surface area contributed by atoms with Crippen LogP contribution >= 0.6 is 0 Å². The second-order valence-electron chi connectivity index (χ2n) is 22.2. The zero-order valence-corrected chi connectivity index (χ0v) is 48.5. The van der Waals surface area contributed by atoms with Crippen molar-refractivity contribution in [1.82, 2.24) is 5.32 Å². The predicted octanol–water partition coefficient (Wildman–Crippen LogP) is 5.87. The minimum Gasteiger partial charge on any atom is -0.394 e. The number of hydrogen-bond acceptors (Lipinski definition) is 18. The molecule has 3 aliphatic heterocycles. The van der Waals surface area contributed by atoms with Gasteiger partial charge in [-0.15, -0.1) is 0 Å². The van der Waals surface area contributed by atoms with Crippen molar-refractivity contribution in [1.29, 1.82) is 0 Å². The van der Waals surface area contributed by atoms with Crippen molar-refractivity contribution in [2.45, 2.75) is 304 Å². The number of allylic oxidation sites excluding steroid dienone is 7. The van der Waals surface area contributed by atoms with Crippen molar-refractivity contribution in [2.75, 3.05) is 26.4 Å². The van der Waals surface area contributed by atoms with Gasteiger partial charge in [-0.05, 0) is 64.2 Å². The average molecular weight is 1140 g/mol. The Morgan fingerprint density at radius 3 is 1.32 bits per heavy atom. The quantitative estimate of drug-likeness (QED) is 0.0250. The number of rotatable bonds is 45. The number of hydrogen-bond donors (Lipinski definition) is 12. The van der Waals surface area contributed by atoms with Crippen LogP contribution in [0.15, 0.2) is 48.6 Å². The van der Waals surface area contributed by atoms with Crippen molar-refractivity contribution < 1.29 is 89.4 Å². The van der Waals surface area contributed by atoms with Crippen molar-refractivity contribution in [3.05, 3.63) is 48.6 Å². The van der Waals surface area contributed by atoms with Crippen LogP contribution in [0.25, 0.3) is 0 Å². The molecule has 0 aromatic rings. The molecule has 3 heterocycles. The van der Waals surface area contributed by atoms with Gasteiger partial charge in [-0.2, -0.15) is 0 Å². The molecule has 3 fully saturated rings. The van der Waals surface area contributed by atoms with Crippen molar-refractivity contribution in [2.24, 2.45) is 0 Å². The molecule has 3 aliphatic rings. The lowest BCUT2D eigenvalue weighted by Gasteiger charge is -2.48. The van der Waals surface area contributed by atoms with Gasteiger partial charge in [0.25, 0.3) is 0 Å². The van der Waals surface area contributed by atoms with Crippen LogP contribution in [-0.4, -0.2) is 193 Å². The van der Waals surface area contributed by atoms with Crippen LogP contribution in [0.5, 0.6) is 0 Å². The summed E-state index contributed by atoms with van der Waals surface area (Å²) in [4.78, 5) is 13.3. The third-order valence-corrected chi connectivity index (χ3v) is 15.3. The first-order valence-electron chi connectivity index (χ1n) is 30.9. The van der Waals surface area contributed by atoms with Gasteiger partial charge >= 0.3 is 0 Å². The van der Waals surface area contributed by atoms with Crippen molar-refractivity contribution >= 4 is 5.91 Å². The molecular formula is C61H109NO18. The molecule has 1 amide bonds. The van der Waals surface area contributed by atoms with Gasteiger partial charge in [-0.1, -0.05) is 178 Å². The Bertz CT molecular complexity index is 1650. The lowest BCUT2D eigenvalue weighted by molar-refractivity contribution is -0.379. The van der Waals surface area contributed by atoms with E-state index in [0.29, 0.717) is 12.8 Å². The van der Waals surface area contributed by atoms with Crippen molar-refractivity contribution in [3.63, 3.8) is 0 Å². The van der Waals surface area contributed by atoms with E-state index in [1.807, 2.05) is 6.08 Å². The summed E-state index contributed by atoms with van der Waals surface area (Å²) in [7, 11) is 0. The summed E-state index contributed by atoms with van der Waals surface area (Å²) in [5.74, 6) is -0.292. The van der Waals surface area contributed by atoms with Gasteiger partial charge in [-0.25, -0.2) is 0 Å². The van der Waals surface area contributed by atoms with E-state index >= 15 is 0 Å². The molecule has 19 heteroatoms. The minimum atomic E-state index is -1.98. The fourth-order valence-corrected chi connectivity index (χ4v) is 10.2. The molecule has 0 radical (unpaired) electrons. The summed E-state index contributed by atoms with van der Waals surface area (Å²) >= 11 is 0. The molecule has 0 aliphatic carbocycles. The van der Waals surface area contributed by atoms with E-state index in [0.717, 1.165) is 57.8 Å². The number of amides is 1. The van der Waals surface area contributed by atoms with Gasteiger partial charge < -0.3 is 89.9 Å². The monoisotopic (exact) mass is 1140 g/mol. The van der Waals surface area contributed by atoms with E-state index in [9.17, 15) is 61.0 Å². The highest BCUT2D eigenvalue weighted by molar-refractivity contribution is 5.76. The Hall–Kier alpha value is -2.25. The number of aliphatic hydroxyl groups excluding tert-OH is 11. The normalized spacial score (nSPS) is 30.3. The van der Waals surface area contributed by atoms with Gasteiger partial charge in [-0.3, -0.25) is 4.79 Å². The maximum absolute atomic E-state index is 13.3. The smallest absolute Gasteiger partial charge is 0.220 e. The zero-order valence-electron chi connectivity index (χ0n) is 48.5. The number of unbranched alkanes of at least 4 members (excludes halogenated alkanes) is 23. The molecular weight excluding hydrogens is 1030 g/mol. The molecule has 0 bridgehead atoms. The highest BCUT2D eigenvalue weighted by Gasteiger charge is 2.53. The van der Waals surface area contributed by atoms with E-state index in [4.69, 9.17) is 28.4 Å². The molecule has 12 N–H and O–H groups in total. The Kier molecular flexibility index (Phi) is 39.8. The molecule has 80 heavy (non-hydrogen) atoms. The van der Waals surface area contributed by atoms with Gasteiger partial charge in [0.15, 0.2) is 18.9 Å². The third-order valence-electron chi connectivity index (χ3n) is 15.3. The first-order valence-corrected chi connectivity index (χ1v) is 30.9. The van der Waals surface area contributed by atoms with Gasteiger partial charge in [0, 0.05) is 6.42 Å². The fourth-order valence-electron chi connectivity index (χ4n) is 10.2. The van der Waals surface area contributed by atoms with Crippen LogP contribution < -0.4 is 5.32 Å². The molecule has 17 unspecified atom stereocenters. The highest BCUT2D eigenvalue weighted by atomic mass is 16.8. The molecule has 17 atom stereocenters. The zero-order chi connectivity index (χ0) is 58.3. The average Bonchev–Trinajstić information content (AvgIpc) is 3.45. The second-order valence-corrected chi connectivity index (χ2v) is 22.2. The summed E-state index contributed by atoms with van der Waals surface area (Å²) in [6, 6.07) is -0.992. The second kappa shape index (κ2) is 44.3. The SMILES string of the molecule is CCCCCCC/C=C\C/C=C\CCCCCCCCCCCC(=O)NC(COC1OC(CO)C(OC2OC(CO)C(OC3OC(CO)C(O)C(O)C3O)C(O)C2O)C(O)C1O)C(O)/C=C/CC/C=C/CCCCCCCCCC. The largest absolute Gasteiger partial charge is 0.394 e. The maximum atomic E-state index is 13.3. The lowest BCUT2D eigenvalue weighted by Crippen LogP contribution is -2.66. The Morgan fingerprint density at radius 1 is 0.450 bits per heavy atom. The van der Waals surface area contributed by atoms with Crippen LogP contribution in [0.2, 0.25) is 0 Å². The van der Waals surface area contributed by atoms with Gasteiger partial charge in [0.1, 0.15) is 73.2 Å². The third kappa shape index (κ3) is 27.6. The minimum absolute atomic E-state index is 0.230. The first kappa shape index (κ1) is 72.0. The van der Waals surface area contributed by atoms with E-state index in [-0.39, 0.29) is 18.9 Å². The summed E-state index contributed by atoms with van der Waals surface area (Å²) in [5.41, 5.74) is 0. The summed E-state index contributed by atoms with van der Waals surface area (Å²) in [5, 5.41) is 120. The number of aliphatic hydroxyl groups is 11. The van der Waals surface area contributed by atoms with Crippen LogP contribution in [0.1, 0.15) is 200 Å². The van der Waals surface area contributed by atoms with Crippen LogP contribution in [0, 0.1) is 0 Å². The molecule has 3 saturated heterocycles. The number of ether oxygens (including phenoxy) is 6. The van der Waals surface area contributed by atoms with Crippen LogP contribution in [-0.2, 0) is 33.2 Å².